The summed E-state index contributed by atoms with van der Waals surface area (Å²) in [7, 11) is 1.35. The smallest absolute Gasteiger partial charge is 0.314 e. The summed E-state index contributed by atoms with van der Waals surface area (Å²) >= 11 is 11.9. The molecule has 1 aromatic rings. The number of benzene rings is 1. The Morgan fingerprint density at radius 2 is 2.15 bits per heavy atom. The molecular formula is C14H19Cl2NO3. The van der Waals surface area contributed by atoms with Crippen LogP contribution in [0.1, 0.15) is 25.3 Å². The van der Waals surface area contributed by atoms with Crippen molar-refractivity contribution in [2.24, 2.45) is 0 Å². The van der Waals surface area contributed by atoms with Crippen LogP contribution in [0.4, 0.5) is 0 Å². The third kappa shape index (κ3) is 3.64. The van der Waals surface area contributed by atoms with E-state index in [4.69, 9.17) is 27.9 Å². The lowest BCUT2D eigenvalue weighted by Crippen LogP contribution is -2.34. The summed E-state index contributed by atoms with van der Waals surface area (Å²) in [5.41, 5.74) is 0.729. The Balaban J connectivity index is 0.00000200. The molecule has 112 valence electrons. The molecule has 0 aliphatic carbocycles. The van der Waals surface area contributed by atoms with Crippen LogP contribution in [0.15, 0.2) is 18.2 Å². The van der Waals surface area contributed by atoms with E-state index in [1.165, 1.54) is 7.11 Å². The van der Waals surface area contributed by atoms with Crippen LogP contribution < -0.4 is 5.32 Å². The molecule has 0 spiro atoms. The van der Waals surface area contributed by atoms with E-state index < -0.39 is 12.0 Å². The van der Waals surface area contributed by atoms with Crippen molar-refractivity contribution in [3.05, 3.63) is 33.8 Å². The first-order chi connectivity index (χ1) is 9.02. The second kappa shape index (κ2) is 7.27. The number of hydrogen-bond donors (Lipinski definition) is 2. The molecule has 1 fully saturated rings. The van der Waals surface area contributed by atoms with Crippen molar-refractivity contribution in [1.29, 1.82) is 0 Å². The van der Waals surface area contributed by atoms with Crippen LogP contribution in [0.5, 0.6) is 0 Å². The van der Waals surface area contributed by atoms with Crippen LogP contribution in [0.2, 0.25) is 10.0 Å². The average Bonchev–Trinajstić information content (AvgIpc) is 2.80. The zero-order valence-corrected chi connectivity index (χ0v) is 11.9. The molecule has 1 aliphatic heterocycles. The zero-order valence-electron chi connectivity index (χ0n) is 10.4. The SMILES string of the molecule is C.COC(=O)[C@H](c1ccc(Cl)c(Cl)c1)C1C[C@@H](O)CN1. The van der Waals surface area contributed by atoms with Crippen LogP contribution >= 0.6 is 23.2 Å². The quantitative estimate of drug-likeness (QED) is 0.841. The number of carbonyl (C=O) groups is 1. The fraction of sp³-hybridized carbons (Fsp3) is 0.500. The van der Waals surface area contributed by atoms with Crippen molar-refractivity contribution >= 4 is 29.2 Å². The molecule has 0 saturated carbocycles. The number of methoxy groups -OCH3 is 1. The van der Waals surface area contributed by atoms with E-state index in [1.54, 1.807) is 18.2 Å². The minimum Gasteiger partial charge on any atom is -0.469 e. The number of halogens is 2. The van der Waals surface area contributed by atoms with Crippen LogP contribution in [-0.2, 0) is 9.53 Å². The highest BCUT2D eigenvalue weighted by Gasteiger charge is 2.36. The highest BCUT2D eigenvalue weighted by molar-refractivity contribution is 6.42. The van der Waals surface area contributed by atoms with Gasteiger partial charge in [0.05, 0.1) is 29.2 Å². The number of esters is 1. The Kier molecular flexibility index (Phi) is 6.27. The molecule has 4 nitrogen and oxygen atoms in total. The van der Waals surface area contributed by atoms with Crippen molar-refractivity contribution in [2.75, 3.05) is 13.7 Å². The second-order valence-electron chi connectivity index (χ2n) is 4.58. The number of aliphatic hydroxyl groups excluding tert-OH is 1. The van der Waals surface area contributed by atoms with Gasteiger partial charge in [-0.1, -0.05) is 36.7 Å². The number of ether oxygens (including phenoxy) is 1. The Labute approximate surface area is 129 Å². The molecule has 6 heteroatoms. The topological polar surface area (TPSA) is 58.6 Å². The molecule has 1 saturated heterocycles. The van der Waals surface area contributed by atoms with Gasteiger partial charge in [-0.15, -0.1) is 0 Å². The van der Waals surface area contributed by atoms with Gasteiger partial charge < -0.3 is 15.2 Å². The summed E-state index contributed by atoms with van der Waals surface area (Å²) in [6.07, 6.45) is 0.0555. The predicted octanol–water partition coefficient (Wildman–Crippen LogP) is 2.61. The third-order valence-corrected chi connectivity index (χ3v) is 4.04. The van der Waals surface area contributed by atoms with E-state index in [-0.39, 0.29) is 19.4 Å². The lowest BCUT2D eigenvalue weighted by Gasteiger charge is -2.22. The number of aliphatic hydroxyl groups is 1. The normalized spacial score (nSPS) is 23.0. The highest BCUT2D eigenvalue weighted by Crippen LogP contribution is 2.31. The number of hydrogen-bond acceptors (Lipinski definition) is 4. The molecule has 1 aromatic carbocycles. The summed E-state index contributed by atoms with van der Waals surface area (Å²) in [5.74, 6) is -0.859. The van der Waals surface area contributed by atoms with Crippen LogP contribution in [0, 0.1) is 0 Å². The van der Waals surface area contributed by atoms with Crippen LogP contribution in [0.3, 0.4) is 0 Å². The minimum absolute atomic E-state index is 0. The van der Waals surface area contributed by atoms with Crippen molar-refractivity contribution in [3.63, 3.8) is 0 Å². The van der Waals surface area contributed by atoms with Gasteiger partial charge in [-0.25, -0.2) is 0 Å². The van der Waals surface area contributed by atoms with Crippen molar-refractivity contribution < 1.29 is 14.6 Å². The Morgan fingerprint density at radius 1 is 1.45 bits per heavy atom. The zero-order chi connectivity index (χ0) is 14.0. The van der Waals surface area contributed by atoms with Gasteiger partial charge in [0.25, 0.3) is 0 Å². The van der Waals surface area contributed by atoms with Gasteiger partial charge in [-0.2, -0.15) is 0 Å². The van der Waals surface area contributed by atoms with Crippen molar-refractivity contribution in [3.8, 4) is 0 Å². The predicted molar refractivity (Wildman–Crippen MR) is 80.4 cm³/mol. The van der Waals surface area contributed by atoms with Gasteiger partial charge in [-0.3, -0.25) is 4.79 Å². The molecule has 2 rings (SSSR count). The first kappa shape index (κ1) is 17.2. The summed E-state index contributed by atoms with van der Waals surface area (Å²) in [5, 5.41) is 13.5. The van der Waals surface area contributed by atoms with E-state index in [0.29, 0.717) is 23.0 Å². The maximum absolute atomic E-state index is 12.0. The first-order valence-corrected chi connectivity index (χ1v) is 6.72. The largest absolute Gasteiger partial charge is 0.469 e. The molecule has 1 heterocycles. The molecule has 0 amide bonds. The van der Waals surface area contributed by atoms with Gasteiger partial charge in [0.15, 0.2) is 0 Å². The fourth-order valence-corrected chi connectivity index (χ4v) is 2.67. The molecule has 20 heavy (non-hydrogen) atoms. The number of nitrogens with one attached hydrogen (secondary N) is 1. The summed E-state index contributed by atoms with van der Waals surface area (Å²) in [6.45, 7) is 0.472. The van der Waals surface area contributed by atoms with Gasteiger partial charge >= 0.3 is 5.97 Å². The monoisotopic (exact) mass is 319 g/mol. The van der Waals surface area contributed by atoms with E-state index >= 15 is 0 Å². The Hall–Kier alpha value is -0.810. The van der Waals surface area contributed by atoms with E-state index in [2.05, 4.69) is 5.32 Å². The van der Waals surface area contributed by atoms with Crippen molar-refractivity contribution in [1.82, 2.24) is 5.32 Å². The number of carbonyl (C=O) groups excluding carboxylic acids is 1. The van der Waals surface area contributed by atoms with E-state index in [1.807, 2.05) is 0 Å². The minimum atomic E-state index is -0.503. The maximum atomic E-state index is 12.0. The molecule has 3 atom stereocenters. The van der Waals surface area contributed by atoms with Gasteiger partial charge in [-0.05, 0) is 24.1 Å². The van der Waals surface area contributed by atoms with Crippen molar-refractivity contribution in [2.45, 2.75) is 31.9 Å². The molecule has 1 unspecified atom stereocenters. The lowest BCUT2D eigenvalue weighted by atomic mass is 9.90. The van der Waals surface area contributed by atoms with Crippen LogP contribution in [0.25, 0.3) is 0 Å². The molecule has 0 bridgehead atoms. The molecular weight excluding hydrogens is 301 g/mol. The summed E-state index contributed by atoms with van der Waals surface area (Å²) < 4.78 is 4.85. The first-order valence-electron chi connectivity index (χ1n) is 5.97. The standard InChI is InChI=1S/C13H15Cl2NO3.CH4/c1-19-13(18)12(11-5-8(17)6-16-11)7-2-3-9(14)10(15)4-7;/h2-4,8,11-12,16-17H,5-6H2,1H3;1H4/t8-,11?,12-;/m1./s1. The van der Waals surface area contributed by atoms with Gasteiger partial charge in [0, 0.05) is 12.6 Å². The average molecular weight is 320 g/mol. The van der Waals surface area contributed by atoms with E-state index in [9.17, 15) is 9.90 Å². The Bertz CT molecular complexity index is 481. The lowest BCUT2D eigenvalue weighted by molar-refractivity contribution is -0.143. The van der Waals surface area contributed by atoms with Crippen LogP contribution in [-0.4, -0.2) is 36.9 Å². The van der Waals surface area contributed by atoms with Gasteiger partial charge in [0.2, 0.25) is 0 Å². The molecule has 2 N–H and O–H groups in total. The molecule has 1 aliphatic rings. The van der Waals surface area contributed by atoms with E-state index in [0.717, 1.165) is 5.56 Å². The fourth-order valence-electron chi connectivity index (χ4n) is 2.37. The summed E-state index contributed by atoms with van der Waals surface area (Å²) in [4.78, 5) is 12.0. The Morgan fingerprint density at radius 3 is 2.65 bits per heavy atom. The second-order valence-corrected chi connectivity index (χ2v) is 5.39. The molecule has 0 radical (unpaired) electrons. The molecule has 0 aromatic heterocycles. The number of β-amino-alcohol motifs (C(OH)–C–C–N with tert-alkyl or cyclic N) is 1. The number of rotatable bonds is 3. The highest BCUT2D eigenvalue weighted by atomic mass is 35.5. The van der Waals surface area contributed by atoms with Gasteiger partial charge in [0.1, 0.15) is 0 Å². The summed E-state index contributed by atoms with van der Waals surface area (Å²) in [6, 6.07) is 4.90. The maximum Gasteiger partial charge on any atom is 0.314 e. The third-order valence-electron chi connectivity index (χ3n) is 3.30.